The molecule has 0 spiro atoms. The first-order valence-corrected chi connectivity index (χ1v) is 5.71. The number of amides is 1. The number of nitrogens with zero attached hydrogens (tertiary/aromatic N) is 2. The number of aromatic amines is 1. The van der Waals surface area contributed by atoms with E-state index in [1.807, 2.05) is 16.8 Å². The second-order valence-corrected chi connectivity index (χ2v) is 3.84. The fourth-order valence-corrected chi connectivity index (χ4v) is 1.65. The lowest BCUT2D eigenvalue weighted by atomic mass is 10.3. The van der Waals surface area contributed by atoms with Crippen LogP contribution in [0.4, 0.5) is 0 Å². The first-order chi connectivity index (χ1) is 8.81. The molecule has 0 saturated heterocycles. The predicted octanol–water partition coefficient (Wildman–Crippen LogP) is 0.788. The molecule has 2 aromatic heterocycles. The number of H-pyrrole nitrogens is 1. The number of hydrogen-bond acceptors (Lipinski definition) is 3. The molecule has 6 heteroatoms. The van der Waals surface area contributed by atoms with E-state index in [4.69, 9.17) is 4.74 Å². The van der Waals surface area contributed by atoms with Gasteiger partial charge in [0.15, 0.2) is 0 Å². The second-order valence-electron chi connectivity index (χ2n) is 3.84. The van der Waals surface area contributed by atoms with Crippen LogP contribution in [0.3, 0.4) is 0 Å². The Morgan fingerprint density at radius 2 is 2.50 bits per heavy atom. The van der Waals surface area contributed by atoms with Crippen LogP contribution in [-0.4, -0.2) is 34.2 Å². The molecule has 0 radical (unpaired) electrons. The van der Waals surface area contributed by atoms with Crippen molar-refractivity contribution in [1.82, 2.24) is 19.9 Å². The SMILES string of the molecule is COCCn1cccc1C(=O)NCc1cnc[nH]1. The Kier molecular flexibility index (Phi) is 4.14. The molecule has 1 amide bonds. The van der Waals surface area contributed by atoms with Gasteiger partial charge in [0.2, 0.25) is 0 Å². The molecule has 2 rings (SSSR count). The lowest BCUT2D eigenvalue weighted by Gasteiger charge is -2.08. The number of carbonyl (C=O) groups excluding carboxylic acids is 1. The third kappa shape index (κ3) is 2.98. The fraction of sp³-hybridized carbons (Fsp3) is 0.333. The van der Waals surface area contributed by atoms with Gasteiger partial charge in [-0.05, 0) is 12.1 Å². The maximum Gasteiger partial charge on any atom is 0.268 e. The van der Waals surface area contributed by atoms with Crippen molar-refractivity contribution in [2.75, 3.05) is 13.7 Å². The highest BCUT2D eigenvalue weighted by Crippen LogP contribution is 2.03. The number of rotatable bonds is 6. The number of aromatic nitrogens is 3. The average Bonchev–Trinajstić information content (AvgIpc) is 3.04. The maximum absolute atomic E-state index is 12.0. The molecule has 2 aromatic rings. The number of ether oxygens (including phenoxy) is 1. The lowest BCUT2D eigenvalue weighted by molar-refractivity contribution is 0.0938. The minimum Gasteiger partial charge on any atom is -0.383 e. The summed E-state index contributed by atoms with van der Waals surface area (Å²) in [7, 11) is 1.64. The molecule has 0 aliphatic heterocycles. The molecule has 6 nitrogen and oxygen atoms in total. The van der Waals surface area contributed by atoms with E-state index in [1.54, 1.807) is 25.7 Å². The number of hydrogen-bond donors (Lipinski definition) is 2. The van der Waals surface area contributed by atoms with Gasteiger partial charge in [0.05, 0.1) is 25.2 Å². The van der Waals surface area contributed by atoms with Crippen molar-refractivity contribution in [2.45, 2.75) is 13.1 Å². The zero-order chi connectivity index (χ0) is 12.8. The van der Waals surface area contributed by atoms with Crippen LogP contribution in [0.1, 0.15) is 16.2 Å². The summed E-state index contributed by atoms with van der Waals surface area (Å²) in [4.78, 5) is 18.8. The Balaban J connectivity index is 1.94. The number of nitrogens with one attached hydrogen (secondary N) is 2. The molecule has 18 heavy (non-hydrogen) atoms. The number of imidazole rings is 1. The molecule has 2 N–H and O–H groups in total. The van der Waals surface area contributed by atoms with Crippen LogP contribution in [0.15, 0.2) is 30.9 Å². The summed E-state index contributed by atoms with van der Waals surface area (Å²) in [5.74, 6) is -0.106. The maximum atomic E-state index is 12.0. The first-order valence-electron chi connectivity index (χ1n) is 5.71. The van der Waals surface area contributed by atoms with Crippen LogP contribution >= 0.6 is 0 Å². The van der Waals surface area contributed by atoms with Crippen molar-refractivity contribution in [2.24, 2.45) is 0 Å². The van der Waals surface area contributed by atoms with Crippen LogP contribution in [0, 0.1) is 0 Å². The van der Waals surface area contributed by atoms with E-state index in [-0.39, 0.29) is 5.91 Å². The summed E-state index contributed by atoms with van der Waals surface area (Å²) < 4.78 is 6.87. The Morgan fingerprint density at radius 3 is 3.22 bits per heavy atom. The Bertz CT molecular complexity index is 490. The Morgan fingerprint density at radius 1 is 1.61 bits per heavy atom. The number of carbonyl (C=O) groups is 1. The minimum absolute atomic E-state index is 0.106. The van der Waals surface area contributed by atoms with E-state index in [0.29, 0.717) is 25.4 Å². The van der Waals surface area contributed by atoms with E-state index in [9.17, 15) is 4.79 Å². The quantitative estimate of drug-likeness (QED) is 0.793. The smallest absolute Gasteiger partial charge is 0.268 e. The Labute approximate surface area is 105 Å². The average molecular weight is 248 g/mol. The first kappa shape index (κ1) is 12.4. The molecule has 0 saturated carbocycles. The van der Waals surface area contributed by atoms with Gasteiger partial charge in [-0.2, -0.15) is 0 Å². The molecule has 2 heterocycles. The molecule has 0 fully saturated rings. The molecule has 0 aromatic carbocycles. The van der Waals surface area contributed by atoms with Crippen molar-refractivity contribution in [1.29, 1.82) is 0 Å². The standard InChI is InChI=1S/C12H16N4O2/c1-18-6-5-16-4-2-3-11(16)12(17)14-8-10-7-13-9-15-10/h2-4,7,9H,5-6,8H2,1H3,(H,13,15)(H,14,17). The van der Waals surface area contributed by atoms with Crippen LogP contribution in [0.25, 0.3) is 0 Å². The molecule has 0 bridgehead atoms. The zero-order valence-corrected chi connectivity index (χ0v) is 10.2. The van der Waals surface area contributed by atoms with Gasteiger partial charge in [-0.25, -0.2) is 4.98 Å². The molecule has 0 aliphatic carbocycles. The Hall–Kier alpha value is -2.08. The highest BCUT2D eigenvalue weighted by molar-refractivity contribution is 5.92. The van der Waals surface area contributed by atoms with E-state index < -0.39 is 0 Å². The third-order valence-corrected chi connectivity index (χ3v) is 2.59. The molecule has 96 valence electrons. The summed E-state index contributed by atoms with van der Waals surface area (Å²) in [5, 5.41) is 2.83. The number of methoxy groups -OCH3 is 1. The van der Waals surface area contributed by atoms with Crippen LogP contribution in [-0.2, 0) is 17.8 Å². The van der Waals surface area contributed by atoms with Crippen molar-refractivity contribution >= 4 is 5.91 Å². The summed E-state index contributed by atoms with van der Waals surface area (Å²) in [6.07, 6.45) is 5.14. The monoisotopic (exact) mass is 248 g/mol. The highest BCUT2D eigenvalue weighted by Gasteiger charge is 2.10. The van der Waals surface area contributed by atoms with Crippen molar-refractivity contribution in [3.8, 4) is 0 Å². The zero-order valence-electron chi connectivity index (χ0n) is 10.2. The van der Waals surface area contributed by atoms with Gasteiger partial charge in [-0.15, -0.1) is 0 Å². The minimum atomic E-state index is -0.106. The van der Waals surface area contributed by atoms with Crippen LogP contribution in [0.2, 0.25) is 0 Å². The largest absolute Gasteiger partial charge is 0.383 e. The summed E-state index contributed by atoms with van der Waals surface area (Å²) in [5.41, 5.74) is 1.50. The second kappa shape index (κ2) is 6.02. The molecule has 0 aliphatic rings. The van der Waals surface area contributed by atoms with E-state index in [1.165, 1.54) is 0 Å². The summed E-state index contributed by atoms with van der Waals surface area (Å²) >= 11 is 0. The van der Waals surface area contributed by atoms with Crippen molar-refractivity contribution in [3.63, 3.8) is 0 Å². The van der Waals surface area contributed by atoms with Gasteiger partial charge in [0, 0.05) is 26.0 Å². The van der Waals surface area contributed by atoms with Gasteiger partial charge in [-0.3, -0.25) is 4.79 Å². The fourth-order valence-electron chi connectivity index (χ4n) is 1.65. The van der Waals surface area contributed by atoms with Gasteiger partial charge >= 0.3 is 0 Å². The molecular weight excluding hydrogens is 232 g/mol. The topological polar surface area (TPSA) is 71.9 Å². The summed E-state index contributed by atoms with van der Waals surface area (Å²) in [6, 6.07) is 3.64. The van der Waals surface area contributed by atoms with E-state index in [0.717, 1.165) is 5.69 Å². The molecule has 0 atom stereocenters. The van der Waals surface area contributed by atoms with Gasteiger partial charge < -0.3 is 19.6 Å². The lowest BCUT2D eigenvalue weighted by Crippen LogP contribution is -2.26. The predicted molar refractivity (Wildman–Crippen MR) is 66.1 cm³/mol. The van der Waals surface area contributed by atoms with Crippen molar-refractivity contribution in [3.05, 3.63) is 42.2 Å². The normalized spacial score (nSPS) is 10.5. The van der Waals surface area contributed by atoms with Crippen LogP contribution in [0.5, 0.6) is 0 Å². The van der Waals surface area contributed by atoms with Gasteiger partial charge in [0.1, 0.15) is 5.69 Å². The molecule has 0 unspecified atom stereocenters. The van der Waals surface area contributed by atoms with Gasteiger partial charge in [0.25, 0.3) is 5.91 Å². The van der Waals surface area contributed by atoms with Crippen LogP contribution < -0.4 is 5.32 Å². The van der Waals surface area contributed by atoms with Crippen molar-refractivity contribution < 1.29 is 9.53 Å². The summed E-state index contributed by atoms with van der Waals surface area (Å²) in [6.45, 7) is 1.68. The van der Waals surface area contributed by atoms with Gasteiger partial charge in [-0.1, -0.05) is 0 Å². The highest BCUT2D eigenvalue weighted by atomic mass is 16.5. The third-order valence-electron chi connectivity index (χ3n) is 2.59. The van der Waals surface area contributed by atoms with E-state index in [2.05, 4.69) is 15.3 Å². The van der Waals surface area contributed by atoms with E-state index >= 15 is 0 Å². The molecular formula is C12H16N4O2.